The fourth-order valence-electron chi connectivity index (χ4n) is 2.60. The summed E-state index contributed by atoms with van der Waals surface area (Å²) in [6.07, 6.45) is 4.41. The van der Waals surface area contributed by atoms with E-state index in [0.717, 1.165) is 42.8 Å². The van der Waals surface area contributed by atoms with E-state index in [1.807, 2.05) is 24.3 Å². The lowest BCUT2D eigenvalue weighted by molar-refractivity contribution is 0.523. The van der Waals surface area contributed by atoms with Crippen molar-refractivity contribution in [3.8, 4) is 0 Å². The summed E-state index contributed by atoms with van der Waals surface area (Å²) in [4.78, 5) is 0. The van der Waals surface area contributed by atoms with E-state index in [1.165, 1.54) is 0 Å². The molecule has 4 heteroatoms. The largest absolute Gasteiger partial charge is 0.314 e. The normalized spacial score (nSPS) is 24.5. The number of halogens is 1. The highest BCUT2D eigenvalue weighted by Crippen LogP contribution is 2.27. The topological polar surface area (TPSA) is 29.1 Å². The maximum Gasteiger partial charge on any atom is 0.0503 e. The Bertz CT molecular complexity index is 438. The number of rotatable bonds is 6. The van der Waals surface area contributed by atoms with Crippen LogP contribution in [0.15, 0.2) is 24.3 Å². The quantitative estimate of drug-likeness (QED) is 0.871. The Hall–Kier alpha value is -0.380. The minimum atomic E-state index is -0.807. The highest BCUT2D eigenvalue weighted by molar-refractivity contribution is 7.84. The van der Waals surface area contributed by atoms with Crippen LogP contribution < -0.4 is 5.32 Å². The first-order valence-corrected chi connectivity index (χ1v) is 8.80. The van der Waals surface area contributed by atoms with E-state index in [4.69, 9.17) is 11.6 Å². The van der Waals surface area contributed by atoms with Gasteiger partial charge in [-0.2, -0.15) is 0 Å². The summed E-state index contributed by atoms with van der Waals surface area (Å²) in [5.74, 6) is 0.588. The monoisotopic (exact) mass is 299 g/mol. The van der Waals surface area contributed by atoms with E-state index in [-0.39, 0.29) is 0 Å². The molecule has 3 atom stereocenters. The van der Waals surface area contributed by atoms with E-state index < -0.39 is 10.8 Å². The van der Waals surface area contributed by atoms with E-state index in [9.17, 15) is 4.21 Å². The smallest absolute Gasteiger partial charge is 0.0503 e. The van der Waals surface area contributed by atoms with Crippen LogP contribution in [0, 0.1) is 0 Å². The van der Waals surface area contributed by atoms with Gasteiger partial charge in [0.25, 0.3) is 0 Å². The van der Waals surface area contributed by atoms with Gasteiger partial charge in [0.1, 0.15) is 0 Å². The second-order valence-corrected chi connectivity index (χ2v) is 7.33. The van der Waals surface area contributed by atoms with E-state index in [2.05, 4.69) is 12.2 Å². The number of hydrogen-bond acceptors (Lipinski definition) is 2. The van der Waals surface area contributed by atoms with E-state index in [0.29, 0.717) is 17.0 Å². The van der Waals surface area contributed by atoms with Crippen molar-refractivity contribution in [3.63, 3.8) is 0 Å². The number of benzene rings is 1. The van der Waals surface area contributed by atoms with Crippen molar-refractivity contribution in [2.45, 2.75) is 49.7 Å². The lowest BCUT2D eigenvalue weighted by Gasteiger charge is -2.13. The molecule has 1 saturated carbocycles. The molecule has 0 aromatic heterocycles. The molecule has 1 aromatic rings. The van der Waals surface area contributed by atoms with Gasteiger partial charge < -0.3 is 5.32 Å². The predicted molar refractivity (Wildman–Crippen MR) is 83.0 cm³/mol. The van der Waals surface area contributed by atoms with Crippen molar-refractivity contribution < 1.29 is 4.21 Å². The lowest BCUT2D eigenvalue weighted by Crippen LogP contribution is -2.28. The zero-order chi connectivity index (χ0) is 13.7. The third-order valence-electron chi connectivity index (χ3n) is 3.69. The van der Waals surface area contributed by atoms with Crippen LogP contribution in [-0.2, 0) is 16.6 Å². The van der Waals surface area contributed by atoms with Crippen LogP contribution in [0.25, 0.3) is 0 Å². The van der Waals surface area contributed by atoms with Crippen molar-refractivity contribution in [2.24, 2.45) is 0 Å². The first kappa shape index (κ1) is 15.0. The first-order chi connectivity index (χ1) is 9.20. The van der Waals surface area contributed by atoms with Crippen LogP contribution >= 0.6 is 11.6 Å². The summed E-state index contributed by atoms with van der Waals surface area (Å²) in [7, 11) is -0.807. The van der Waals surface area contributed by atoms with Crippen LogP contribution in [0.5, 0.6) is 0 Å². The minimum absolute atomic E-state index is 0.325. The van der Waals surface area contributed by atoms with Gasteiger partial charge >= 0.3 is 0 Å². The van der Waals surface area contributed by atoms with Crippen LogP contribution in [0.1, 0.15) is 38.2 Å². The van der Waals surface area contributed by atoms with Crippen molar-refractivity contribution in [2.75, 3.05) is 6.54 Å². The number of nitrogens with one attached hydrogen (secondary N) is 1. The summed E-state index contributed by atoms with van der Waals surface area (Å²) in [6.45, 7) is 3.24. The molecule has 0 radical (unpaired) electrons. The zero-order valence-corrected chi connectivity index (χ0v) is 13.0. The maximum atomic E-state index is 12.4. The fourth-order valence-corrected chi connectivity index (χ4v) is 4.52. The molecule has 1 aliphatic rings. The van der Waals surface area contributed by atoms with E-state index in [1.54, 1.807) is 0 Å². The molecule has 0 heterocycles. The summed E-state index contributed by atoms with van der Waals surface area (Å²) < 4.78 is 12.4. The molecule has 19 heavy (non-hydrogen) atoms. The summed E-state index contributed by atoms with van der Waals surface area (Å²) in [5, 5.41) is 4.59. The standard InChI is InChI=1S/C15H22ClNOS/c1-2-9-17-13-7-8-14(10-13)19(18)11-12-5-3-4-6-15(12)16/h3-6,13-14,17H,2,7-11H2,1H3. The SMILES string of the molecule is CCCNC1CCC(S(=O)Cc2ccccc2Cl)C1. The van der Waals surface area contributed by atoms with Gasteiger partial charge in [0.15, 0.2) is 0 Å². The Kier molecular flexibility index (Phi) is 5.86. The van der Waals surface area contributed by atoms with Gasteiger partial charge in [0, 0.05) is 27.1 Å². The van der Waals surface area contributed by atoms with Gasteiger partial charge in [-0.1, -0.05) is 36.7 Å². The molecular formula is C15H22ClNOS. The molecule has 2 rings (SSSR count). The van der Waals surface area contributed by atoms with Crippen LogP contribution in [-0.4, -0.2) is 22.0 Å². The fraction of sp³-hybridized carbons (Fsp3) is 0.600. The van der Waals surface area contributed by atoms with Crippen molar-refractivity contribution >= 4 is 22.4 Å². The Labute approximate surface area is 123 Å². The average molecular weight is 300 g/mol. The molecule has 1 aromatic carbocycles. The Balaban J connectivity index is 1.86. The third kappa shape index (κ3) is 4.30. The van der Waals surface area contributed by atoms with Gasteiger partial charge in [0.05, 0.1) is 5.75 Å². The highest BCUT2D eigenvalue weighted by Gasteiger charge is 2.28. The van der Waals surface area contributed by atoms with Gasteiger partial charge in [-0.15, -0.1) is 0 Å². The molecule has 106 valence electrons. The predicted octanol–water partition coefficient (Wildman–Crippen LogP) is 3.51. The molecular weight excluding hydrogens is 278 g/mol. The lowest BCUT2D eigenvalue weighted by atomic mass is 10.2. The molecule has 3 unspecified atom stereocenters. The Morgan fingerprint density at radius 2 is 2.16 bits per heavy atom. The molecule has 0 saturated heterocycles. The summed E-state index contributed by atoms with van der Waals surface area (Å²) in [5.41, 5.74) is 1.01. The van der Waals surface area contributed by atoms with E-state index >= 15 is 0 Å². The first-order valence-electron chi connectivity index (χ1n) is 7.04. The molecule has 0 aliphatic heterocycles. The summed E-state index contributed by atoms with van der Waals surface area (Å²) >= 11 is 6.13. The minimum Gasteiger partial charge on any atom is -0.314 e. The molecule has 0 amide bonds. The third-order valence-corrected chi connectivity index (χ3v) is 5.83. The molecule has 0 spiro atoms. The highest BCUT2D eigenvalue weighted by atomic mass is 35.5. The van der Waals surface area contributed by atoms with Crippen LogP contribution in [0.4, 0.5) is 0 Å². The molecule has 2 nitrogen and oxygen atoms in total. The molecule has 1 aliphatic carbocycles. The second kappa shape index (κ2) is 7.41. The van der Waals surface area contributed by atoms with Crippen molar-refractivity contribution in [1.82, 2.24) is 5.32 Å². The number of hydrogen-bond donors (Lipinski definition) is 1. The van der Waals surface area contributed by atoms with Crippen LogP contribution in [0.2, 0.25) is 5.02 Å². The van der Waals surface area contributed by atoms with Crippen molar-refractivity contribution in [3.05, 3.63) is 34.9 Å². The molecule has 1 fully saturated rings. The zero-order valence-electron chi connectivity index (χ0n) is 11.4. The van der Waals surface area contributed by atoms with Gasteiger partial charge in [-0.3, -0.25) is 4.21 Å². The van der Waals surface area contributed by atoms with Gasteiger partial charge in [0.2, 0.25) is 0 Å². The Morgan fingerprint density at radius 1 is 1.37 bits per heavy atom. The Morgan fingerprint density at radius 3 is 2.89 bits per heavy atom. The molecule has 0 bridgehead atoms. The summed E-state index contributed by atoms with van der Waals surface area (Å²) in [6, 6.07) is 8.27. The maximum absolute atomic E-state index is 12.4. The average Bonchev–Trinajstić information content (AvgIpc) is 2.88. The van der Waals surface area contributed by atoms with Gasteiger partial charge in [-0.05, 0) is 43.9 Å². The van der Waals surface area contributed by atoms with Crippen LogP contribution in [0.3, 0.4) is 0 Å². The molecule has 1 N–H and O–H groups in total. The van der Waals surface area contributed by atoms with Crippen molar-refractivity contribution in [1.29, 1.82) is 0 Å². The van der Waals surface area contributed by atoms with Gasteiger partial charge in [-0.25, -0.2) is 0 Å². The second-order valence-electron chi connectivity index (χ2n) is 5.20.